The molecule has 0 bridgehead atoms. The van der Waals surface area contributed by atoms with E-state index in [1.165, 1.54) is 18.4 Å². The molecule has 0 aromatic heterocycles. The van der Waals surface area contributed by atoms with Gasteiger partial charge in [0.2, 0.25) is 0 Å². The second-order valence-electron chi connectivity index (χ2n) is 6.34. The molecule has 0 heterocycles. The molecule has 142 valence electrons. The SMILES string of the molecule is CCOC(=O)CCN(CCC1=CCCCC1)C(=O)Nc1cccc(Cl)c1. The number of hydrogen-bond donors (Lipinski definition) is 1. The molecule has 1 aliphatic rings. The highest BCUT2D eigenvalue weighted by Gasteiger charge is 2.17. The van der Waals surface area contributed by atoms with Crippen LogP contribution in [-0.2, 0) is 9.53 Å². The van der Waals surface area contributed by atoms with Crippen molar-refractivity contribution in [2.45, 2.75) is 45.4 Å². The minimum Gasteiger partial charge on any atom is -0.466 e. The molecule has 0 atom stereocenters. The molecule has 26 heavy (non-hydrogen) atoms. The van der Waals surface area contributed by atoms with Crippen molar-refractivity contribution in [3.8, 4) is 0 Å². The van der Waals surface area contributed by atoms with Crippen LogP contribution in [0, 0.1) is 0 Å². The summed E-state index contributed by atoms with van der Waals surface area (Å²) in [5.41, 5.74) is 2.04. The van der Waals surface area contributed by atoms with Gasteiger partial charge in [-0.25, -0.2) is 4.79 Å². The Hall–Kier alpha value is -2.01. The van der Waals surface area contributed by atoms with E-state index in [0.29, 0.717) is 30.4 Å². The summed E-state index contributed by atoms with van der Waals surface area (Å²) in [6.07, 6.45) is 7.98. The van der Waals surface area contributed by atoms with E-state index in [1.54, 1.807) is 36.1 Å². The van der Waals surface area contributed by atoms with Gasteiger partial charge in [0.05, 0.1) is 13.0 Å². The van der Waals surface area contributed by atoms with Gasteiger partial charge in [0, 0.05) is 23.8 Å². The number of urea groups is 1. The fraction of sp³-hybridized carbons (Fsp3) is 0.500. The number of rotatable bonds is 8. The molecule has 0 spiro atoms. The van der Waals surface area contributed by atoms with E-state index >= 15 is 0 Å². The predicted octanol–water partition coefficient (Wildman–Crippen LogP) is 5.02. The third kappa shape index (κ3) is 7.08. The average molecular weight is 379 g/mol. The van der Waals surface area contributed by atoms with E-state index in [4.69, 9.17) is 16.3 Å². The van der Waals surface area contributed by atoms with Crippen LogP contribution in [0.25, 0.3) is 0 Å². The number of benzene rings is 1. The first kappa shape index (κ1) is 20.3. The van der Waals surface area contributed by atoms with Gasteiger partial charge in [-0.1, -0.05) is 29.3 Å². The zero-order chi connectivity index (χ0) is 18.8. The van der Waals surface area contributed by atoms with Crippen LogP contribution in [0.1, 0.15) is 45.4 Å². The number of nitrogens with one attached hydrogen (secondary N) is 1. The van der Waals surface area contributed by atoms with Crippen molar-refractivity contribution in [2.24, 2.45) is 0 Å². The zero-order valence-corrected chi connectivity index (χ0v) is 16.1. The number of esters is 1. The van der Waals surface area contributed by atoms with Crippen molar-refractivity contribution in [3.05, 3.63) is 40.9 Å². The minimum atomic E-state index is -0.287. The molecule has 2 amide bonds. The summed E-state index contributed by atoms with van der Waals surface area (Å²) in [6, 6.07) is 6.80. The van der Waals surface area contributed by atoms with E-state index < -0.39 is 0 Å². The number of carbonyl (C=O) groups is 2. The van der Waals surface area contributed by atoms with Crippen LogP contribution in [0.5, 0.6) is 0 Å². The summed E-state index contributed by atoms with van der Waals surface area (Å²) in [6.45, 7) is 3.04. The van der Waals surface area contributed by atoms with Crippen molar-refractivity contribution >= 4 is 29.3 Å². The Balaban J connectivity index is 1.96. The maximum Gasteiger partial charge on any atom is 0.321 e. The average Bonchev–Trinajstić information content (AvgIpc) is 2.62. The van der Waals surface area contributed by atoms with E-state index in [0.717, 1.165) is 19.3 Å². The lowest BCUT2D eigenvalue weighted by Crippen LogP contribution is -2.37. The molecule has 1 aromatic carbocycles. The highest BCUT2D eigenvalue weighted by Crippen LogP contribution is 2.21. The number of ether oxygens (including phenoxy) is 1. The Morgan fingerprint density at radius 3 is 2.81 bits per heavy atom. The number of amides is 2. The van der Waals surface area contributed by atoms with E-state index in [9.17, 15) is 9.59 Å². The van der Waals surface area contributed by atoms with E-state index in [2.05, 4.69) is 11.4 Å². The topological polar surface area (TPSA) is 58.6 Å². The Morgan fingerprint density at radius 2 is 2.12 bits per heavy atom. The second kappa shape index (κ2) is 10.9. The maximum absolute atomic E-state index is 12.7. The fourth-order valence-corrected chi connectivity index (χ4v) is 3.14. The number of allylic oxidation sites excluding steroid dienone is 1. The Morgan fingerprint density at radius 1 is 1.27 bits per heavy atom. The van der Waals surface area contributed by atoms with Crippen molar-refractivity contribution in [1.29, 1.82) is 0 Å². The van der Waals surface area contributed by atoms with Gasteiger partial charge in [-0.3, -0.25) is 4.79 Å². The lowest BCUT2D eigenvalue weighted by Gasteiger charge is -2.24. The molecule has 0 unspecified atom stereocenters. The second-order valence-corrected chi connectivity index (χ2v) is 6.78. The highest BCUT2D eigenvalue weighted by atomic mass is 35.5. The minimum absolute atomic E-state index is 0.190. The van der Waals surface area contributed by atoms with Gasteiger partial charge >= 0.3 is 12.0 Å². The molecule has 0 saturated carbocycles. The lowest BCUT2D eigenvalue weighted by atomic mass is 9.97. The third-order valence-electron chi connectivity index (χ3n) is 4.34. The number of halogens is 1. The van der Waals surface area contributed by atoms with E-state index in [1.807, 2.05) is 0 Å². The standard InChI is InChI=1S/C20H27ClN2O3/c1-2-26-19(24)12-14-23(13-11-16-7-4-3-5-8-16)20(25)22-18-10-6-9-17(21)15-18/h6-7,9-10,15H,2-5,8,11-14H2,1H3,(H,22,25). The molecule has 1 aliphatic carbocycles. The Kier molecular flexibility index (Phi) is 8.48. The number of hydrogen-bond acceptors (Lipinski definition) is 3. The number of anilines is 1. The molecule has 0 radical (unpaired) electrons. The summed E-state index contributed by atoms with van der Waals surface area (Å²) >= 11 is 5.97. The van der Waals surface area contributed by atoms with Gasteiger partial charge in [-0.05, 0) is 57.2 Å². The molecule has 1 aromatic rings. The highest BCUT2D eigenvalue weighted by molar-refractivity contribution is 6.30. The van der Waals surface area contributed by atoms with Gasteiger partial charge < -0.3 is 15.0 Å². The molecule has 0 aliphatic heterocycles. The van der Waals surface area contributed by atoms with Crippen LogP contribution in [-0.4, -0.2) is 36.6 Å². The van der Waals surface area contributed by atoms with Crippen molar-refractivity contribution in [2.75, 3.05) is 25.0 Å². The maximum atomic E-state index is 12.7. The van der Waals surface area contributed by atoms with E-state index in [-0.39, 0.29) is 18.4 Å². The summed E-state index contributed by atoms with van der Waals surface area (Å²) in [5, 5.41) is 3.42. The molecule has 2 rings (SSSR count). The smallest absolute Gasteiger partial charge is 0.321 e. The van der Waals surface area contributed by atoms with Gasteiger partial charge in [-0.2, -0.15) is 0 Å². The summed E-state index contributed by atoms with van der Waals surface area (Å²) in [7, 11) is 0. The quantitative estimate of drug-likeness (QED) is 0.510. The molecule has 6 heteroatoms. The van der Waals surface area contributed by atoms with Gasteiger partial charge in [0.1, 0.15) is 0 Å². The van der Waals surface area contributed by atoms with Crippen LogP contribution < -0.4 is 5.32 Å². The molecule has 0 saturated heterocycles. The van der Waals surface area contributed by atoms with Crippen molar-refractivity contribution in [1.82, 2.24) is 4.90 Å². The summed E-state index contributed by atoms with van der Waals surface area (Å²) in [4.78, 5) is 26.0. The number of nitrogens with zero attached hydrogens (tertiary/aromatic N) is 1. The monoisotopic (exact) mass is 378 g/mol. The summed E-state index contributed by atoms with van der Waals surface area (Å²) < 4.78 is 4.97. The Bertz CT molecular complexity index is 646. The molecular formula is C20H27ClN2O3. The van der Waals surface area contributed by atoms with Crippen molar-refractivity contribution < 1.29 is 14.3 Å². The van der Waals surface area contributed by atoms with Gasteiger partial charge in [-0.15, -0.1) is 0 Å². The first-order valence-corrected chi connectivity index (χ1v) is 9.61. The van der Waals surface area contributed by atoms with Gasteiger partial charge in [0.15, 0.2) is 0 Å². The third-order valence-corrected chi connectivity index (χ3v) is 4.58. The first-order valence-electron chi connectivity index (χ1n) is 9.23. The van der Waals surface area contributed by atoms with Gasteiger partial charge in [0.25, 0.3) is 0 Å². The Labute approximate surface area is 160 Å². The molecule has 1 N–H and O–H groups in total. The molecule has 0 fully saturated rings. The molecular weight excluding hydrogens is 352 g/mol. The zero-order valence-electron chi connectivity index (χ0n) is 15.3. The van der Waals surface area contributed by atoms with Crippen LogP contribution in [0.4, 0.5) is 10.5 Å². The van der Waals surface area contributed by atoms with Crippen molar-refractivity contribution in [3.63, 3.8) is 0 Å². The van der Waals surface area contributed by atoms with Crippen LogP contribution >= 0.6 is 11.6 Å². The van der Waals surface area contributed by atoms with Crippen LogP contribution in [0.2, 0.25) is 5.02 Å². The normalized spacial score (nSPS) is 13.7. The number of carbonyl (C=O) groups excluding carboxylic acids is 2. The van der Waals surface area contributed by atoms with Crippen LogP contribution in [0.15, 0.2) is 35.9 Å². The van der Waals surface area contributed by atoms with Crippen LogP contribution in [0.3, 0.4) is 0 Å². The lowest BCUT2D eigenvalue weighted by molar-refractivity contribution is -0.143. The fourth-order valence-electron chi connectivity index (χ4n) is 2.95. The largest absolute Gasteiger partial charge is 0.466 e. The summed E-state index contributed by atoms with van der Waals surface area (Å²) in [5.74, 6) is -0.287. The predicted molar refractivity (Wildman–Crippen MR) is 104 cm³/mol. The molecule has 5 nitrogen and oxygen atoms in total. The first-order chi connectivity index (χ1) is 12.6.